The Labute approximate surface area is 179 Å². The number of hydrazine groups is 1. The van der Waals surface area contributed by atoms with Crippen molar-refractivity contribution in [3.63, 3.8) is 0 Å². The topological polar surface area (TPSA) is 61.7 Å². The molecule has 0 spiro atoms. The first kappa shape index (κ1) is 19.4. The number of ether oxygens (including phenoxy) is 1. The van der Waals surface area contributed by atoms with Gasteiger partial charge < -0.3 is 9.84 Å². The number of hydrogen-bond acceptors (Lipinski definition) is 6. The van der Waals surface area contributed by atoms with E-state index in [1.807, 2.05) is 48.5 Å². The third-order valence-corrected chi connectivity index (χ3v) is 5.37. The normalized spacial score (nSPS) is 14.6. The van der Waals surface area contributed by atoms with Crippen molar-refractivity contribution in [2.45, 2.75) is 0 Å². The van der Waals surface area contributed by atoms with Gasteiger partial charge in [0.15, 0.2) is 17.4 Å². The van der Waals surface area contributed by atoms with E-state index in [9.17, 15) is 9.50 Å². The van der Waals surface area contributed by atoms with Gasteiger partial charge in [0.1, 0.15) is 6.33 Å². The van der Waals surface area contributed by atoms with E-state index in [4.69, 9.17) is 4.74 Å². The highest BCUT2D eigenvalue weighted by Crippen LogP contribution is 2.34. The van der Waals surface area contributed by atoms with Crippen molar-refractivity contribution in [1.29, 1.82) is 0 Å². The highest BCUT2D eigenvalue weighted by atomic mass is 19.1. The van der Waals surface area contributed by atoms with E-state index >= 15 is 0 Å². The number of nitrogens with zero attached hydrogens (tertiary/aromatic N) is 4. The number of fused-ring (bicyclic) bond motifs is 1. The first-order valence-electron chi connectivity index (χ1n) is 10.1. The van der Waals surface area contributed by atoms with Crippen molar-refractivity contribution in [3.05, 3.63) is 78.9 Å². The van der Waals surface area contributed by atoms with E-state index in [1.165, 1.54) is 12.1 Å². The Balaban J connectivity index is 1.67. The van der Waals surface area contributed by atoms with Crippen LogP contribution in [0.15, 0.2) is 73.1 Å². The van der Waals surface area contributed by atoms with Crippen molar-refractivity contribution in [2.24, 2.45) is 0 Å². The highest BCUT2D eigenvalue weighted by molar-refractivity contribution is 5.94. The molecule has 7 heteroatoms. The number of aromatic hydroxyl groups is 1. The quantitative estimate of drug-likeness (QED) is 0.528. The Bertz CT molecular complexity index is 1210. The molecule has 0 bridgehead atoms. The SMILES string of the molecule is Oc1ccc(-c2ccc3ncnc(N(c4ccccc4)N4CCOCC4)c3c2)cc1F. The average Bonchev–Trinajstić information content (AvgIpc) is 2.82. The summed E-state index contributed by atoms with van der Waals surface area (Å²) in [6.07, 6.45) is 1.56. The average molecular weight is 416 g/mol. The molecular weight excluding hydrogens is 395 g/mol. The van der Waals surface area contributed by atoms with Gasteiger partial charge in [-0.1, -0.05) is 30.3 Å². The monoisotopic (exact) mass is 416 g/mol. The zero-order valence-electron chi connectivity index (χ0n) is 16.8. The summed E-state index contributed by atoms with van der Waals surface area (Å²) in [6, 6.07) is 20.2. The van der Waals surface area contributed by atoms with E-state index in [1.54, 1.807) is 12.4 Å². The number of rotatable bonds is 4. The molecule has 2 heterocycles. The van der Waals surface area contributed by atoms with Crippen LogP contribution in [0.5, 0.6) is 5.75 Å². The van der Waals surface area contributed by atoms with E-state index < -0.39 is 5.82 Å². The molecular formula is C24H21FN4O2. The van der Waals surface area contributed by atoms with Gasteiger partial charge in [0, 0.05) is 18.5 Å². The molecule has 1 fully saturated rings. The molecule has 1 aromatic heterocycles. The van der Waals surface area contributed by atoms with Gasteiger partial charge in [-0.2, -0.15) is 0 Å². The fourth-order valence-corrected chi connectivity index (χ4v) is 3.82. The molecule has 0 radical (unpaired) electrons. The zero-order valence-corrected chi connectivity index (χ0v) is 16.8. The lowest BCUT2D eigenvalue weighted by molar-refractivity contribution is 0.0376. The van der Waals surface area contributed by atoms with Crippen LogP contribution in [0.3, 0.4) is 0 Å². The molecule has 6 nitrogen and oxygen atoms in total. The lowest BCUT2D eigenvalue weighted by Gasteiger charge is -2.38. The predicted octanol–water partition coefficient (Wildman–Crippen LogP) is 4.53. The number of morpholine rings is 1. The number of phenolic OH excluding ortho intramolecular Hbond substituents is 1. The molecule has 1 saturated heterocycles. The Morgan fingerprint density at radius 2 is 1.65 bits per heavy atom. The van der Waals surface area contributed by atoms with Crippen LogP contribution in [-0.2, 0) is 4.74 Å². The van der Waals surface area contributed by atoms with Crippen molar-refractivity contribution < 1.29 is 14.2 Å². The minimum Gasteiger partial charge on any atom is -0.505 e. The molecule has 0 atom stereocenters. The maximum absolute atomic E-state index is 13.9. The first-order chi connectivity index (χ1) is 15.2. The summed E-state index contributed by atoms with van der Waals surface area (Å²) in [6.45, 7) is 2.77. The van der Waals surface area contributed by atoms with Crippen LogP contribution in [0.2, 0.25) is 0 Å². The molecule has 31 heavy (non-hydrogen) atoms. The van der Waals surface area contributed by atoms with Crippen LogP contribution in [0.1, 0.15) is 0 Å². The minimum atomic E-state index is -0.652. The number of anilines is 2. The standard InChI is InChI=1S/C24H21FN4O2/c25-21-15-18(7-9-23(21)30)17-6-8-22-20(14-17)24(27-16-26-22)29(19-4-2-1-3-5-19)28-10-12-31-13-11-28/h1-9,14-16,30H,10-13H2. The van der Waals surface area contributed by atoms with E-state index in [-0.39, 0.29) is 5.75 Å². The number of benzene rings is 3. The van der Waals surface area contributed by atoms with Gasteiger partial charge in [0.05, 0.1) is 24.4 Å². The number of halogens is 1. The van der Waals surface area contributed by atoms with Crippen molar-refractivity contribution in [1.82, 2.24) is 15.0 Å². The van der Waals surface area contributed by atoms with Crippen LogP contribution in [0.25, 0.3) is 22.0 Å². The van der Waals surface area contributed by atoms with Gasteiger partial charge >= 0.3 is 0 Å². The summed E-state index contributed by atoms with van der Waals surface area (Å²) in [5.41, 5.74) is 3.27. The van der Waals surface area contributed by atoms with Crippen LogP contribution in [0.4, 0.5) is 15.9 Å². The van der Waals surface area contributed by atoms with Crippen LogP contribution >= 0.6 is 0 Å². The third-order valence-electron chi connectivity index (χ3n) is 5.37. The summed E-state index contributed by atoms with van der Waals surface area (Å²) in [4.78, 5) is 9.08. The molecule has 0 amide bonds. The maximum atomic E-state index is 13.9. The summed E-state index contributed by atoms with van der Waals surface area (Å²) in [5, 5.41) is 14.7. The number of aromatic nitrogens is 2. The molecule has 4 aromatic rings. The third kappa shape index (κ3) is 3.81. The van der Waals surface area contributed by atoms with Crippen molar-refractivity contribution >= 4 is 22.4 Å². The van der Waals surface area contributed by atoms with Crippen molar-refractivity contribution in [3.8, 4) is 16.9 Å². The largest absolute Gasteiger partial charge is 0.505 e. The molecule has 5 rings (SSSR count). The summed E-state index contributed by atoms with van der Waals surface area (Å²) < 4.78 is 19.5. The molecule has 0 aliphatic carbocycles. The van der Waals surface area contributed by atoms with Crippen LogP contribution < -0.4 is 5.01 Å². The fourth-order valence-electron chi connectivity index (χ4n) is 3.82. The smallest absolute Gasteiger partial charge is 0.165 e. The van der Waals surface area contributed by atoms with E-state index in [0.29, 0.717) is 18.8 Å². The molecule has 156 valence electrons. The Hall–Kier alpha value is -3.55. The predicted molar refractivity (Wildman–Crippen MR) is 118 cm³/mol. The number of para-hydroxylation sites is 1. The molecule has 0 saturated carbocycles. The van der Waals surface area contributed by atoms with E-state index in [0.717, 1.165) is 41.1 Å². The first-order valence-corrected chi connectivity index (χ1v) is 10.1. The van der Waals surface area contributed by atoms with Gasteiger partial charge in [-0.3, -0.25) is 5.01 Å². The maximum Gasteiger partial charge on any atom is 0.165 e. The van der Waals surface area contributed by atoms with Gasteiger partial charge in [0.25, 0.3) is 0 Å². The van der Waals surface area contributed by atoms with Gasteiger partial charge in [-0.25, -0.2) is 19.4 Å². The minimum absolute atomic E-state index is 0.365. The van der Waals surface area contributed by atoms with Crippen molar-refractivity contribution in [2.75, 3.05) is 31.3 Å². The van der Waals surface area contributed by atoms with Crippen LogP contribution in [0, 0.1) is 5.82 Å². The Morgan fingerprint density at radius 1 is 0.903 bits per heavy atom. The van der Waals surface area contributed by atoms with Gasteiger partial charge in [-0.05, 0) is 47.5 Å². The lowest BCUT2D eigenvalue weighted by Crippen LogP contribution is -2.47. The Kier molecular flexibility index (Phi) is 5.19. The number of phenols is 1. The lowest BCUT2D eigenvalue weighted by atomic mass is 10.0. The Morgan fingerprint density at radius 3 is 2.42 bits per heavy atom. The summed E-state index contributed by atoms with van der Waals surface area (Å²) in [5.74, 6) is -0.267. The second-order valence-electron chi connectivity index (χ2n) is 7.31. The van der Waals surface area contributed by atoms with Crippen LogP contribution in [-0.4, -0.2) is 46.4 Å². The second-order valence-corrected chi connectivity index (χ2v) is 7.31. The van der Waals surface area contributed by atoms with Gasteiger partial charge in [0.2, 0.25) is 0 Å². The van der Waals surface area contributed by atoms with E-state index in [2.05, 4.69) is 20.0 Å². The fraction of sp³-hybridized carbons (Fsp3) is 0.167. The second kappa shape index (κ2) is 8.29. The molecule has 1 aliphatic heterocycles. The molecule has 1 N–H and O–H groups in total. The zero-order chi connectivity index (χ0) is 21.2. The molecule has 3 aromatic carbocycles. The highest BCUT2D eigenvalue weighted by Gasteiger charge is 2.24. The molecule has 0 unspecified atom stereocenters. The van der Waals surface area contributed by atoms with Gasteiger partial charge in [-0.15, -0.1) is 0 Å². The molecule has 1 aliphatic rings. The summed E-state index contributed by atoms with van der Waals surface area (Å²) in [7, 11) is 0. The summed E-state index contributed by atoms with van der Waals surface area (Å²) >= 11 is 0. The number of hydrogen-bond donors (Lipinski definition) is 1.